The zero-order valence-electron chi connectivity index (χ0n) is 20.0. The van der Waals surface area contributed by atoms with Crippen molar-refractivity contribution in [2.45, 2.75) is 38.9 Å². The molecule has 0 spiro atoms. The lowest BCUT2D eigenvalue weighted by atomic mass is 9.81. The van der Waals surface area contributed by atoms with Crippen LogP contribution in [0, 0.1) is 0 Å². The molecule has 0 atom stereocenters. The second-order valence-corrected chi connectivity index (χ2v) is 9.79. The number of benzene rings is 4. The molecule has 5 aromatic rings. The van der Waals surface area contributed by atoms with Crippen molar-refractivity contribution >= 4 is 34.8 Å². The van der Waals surface area contributed by atoms with Gasteiger partial charge in [0.2, 0.25) is 5.89 Å². The first-order chi connectivity index (χ1) is 16.2. The minimum absolute atomic E-state index is 0.430. The van der Waals surface area contributed by atoms with Crippen molar-refractivity contribution in [3.8, 4) is 22.6 Å². The van der Waals surface area contributed by atoms with E-state index in [4.69, 9.17) is 14.1 Å². The van der Waals surface area contributed by atoms with Gasteiger partial charge in [-0.2, -0.15) is 0 Å². The molecular formula is C29H28BNO3. The zero-order valence-corrected chi connectivity index (χ0v) is 20.0. The van der Waals surface area contributed by atoms with Crippen LogP contribution in [0.2, 0.25) is 0 Å². The van der Waals surface area contributed by atoms with Crippen molar-refractivity contribution < 1.29 is 14.2 Å². The van der Waals surface area contributed by atoms with E-state index in [2.05, 4.69) is 42.5 Å². The summed E-state index contributed by atoms with van der Waals surface area (Å²) in [6.07, 6.45) is 0. The van der Waals surface area contributed by atoms with Crippen LogP contribution in [0.15, 0.2) is 89.3 Å². The van der Waals surface area contributed by atoms with E-state index >= 15 is 0 Å². The molecule has 0 saturated heterocycles. The van der Waals surface area contributed by atoms with E-state index in [1.807, 2.05) is 56.3 Å². The molecule has 4 nitrogen and oxygen atoms in total. The highest BCUT2D eigenvalue weighted by Gasteiger charge is 2.35. The van der Waals surface area contributed by atoms with Gasteiger partial charge in [0.25, 0.3) is 0 Å². The molecule has 1 heterocycles. The highest BCUT2D eigenvalue weighted by atomic mass is 16.5. The molecule has 0 aliphatic heterocycles. The van der Waals surface area contributed by atoms with E-state index < -0.39 is 11.2 Å². The van der Waals surface area contributed by atoms with Gasteiger partial charge in [-0.05, 0) is 62.4 Å². The highest BCUT2D eigenvalue weighted by Crippen LogP contribution is 2.31. The number of hydrogen-bond acceptors (Lipinski definition) is 4. The predicted octanol–water partition coefficient (Wildman–Crippen LogP) is 5.86. The van der Waals surface area contributed by atoms with E-state index in [1.165, 1.54) is 0 Å². The van der Waals surface area contributed by atoms with E-state index in [9.17, 15) is 5.11 Å². The molecule has 0 bridgehead atoms. The lowest BCUT2D eigenvalue weighted by molar-refractivity contribution is -0.0893. The maximum atomic E-state index is 10.3. The lowest BCUT2D eigenvalue weighted by Gasteiger charge is -2.37. The first-order valence-corrected chi connectivity index (χ1v) is 11.6. The van der Waals surface area contributed by atoms with Crippen LogP contribution >= 0.6 is 0 Å². The summed E-state index contributed by atoms with van der Waals surface area (Å²) in [4.78, 5) is 4.79. The molecule has 170 valence electrons. The Hall–Kier alpha value is -3.41. The molecule has 4 aromatic carbocycles. The van der Waals surface area contributed by atoms with Crippen LogP contribution < -0.4 is 5.46 Å². The van der Waals surface area contributed by atoms with Crippen LogP contribution in [-0.4, -0.2) is 28.8 Å². The molecule has 0 amide bonds. The van der Waals surface area contributed by atoms with Gasteiger partial charge in [-0.1, -0.05) is 72.2 Å². The van der Waals surface area contributed by atoms with Crippen molar-refractivity contribution in [1.29, 1.82) is 0 Å². The molecule has 1 N–H and O–H groups in total. The Morgan fingerprint density at radius 3 is 2.29 bits per heavy atom. The Balaban J connectivity index is 1.39. The summed E-state index contributed by atoms with van der Waals surface area (Å²) in [5.41, 5.74) is 4.30. The normalized spacial score (nSPS) is 12.4. The topological polar surface area (TPSA) is 55.5 Å². The van der Waals surface area contributed by atoms with Crippen molar-refractivity contribution in [3.63, 3.8) is 0 Å². The molecule has 0 radical (unpaired) electrons. The number of oxazole rings is 1. The summed E-state index contributed by atoms with van der Waals surface area (Å²) in [5.74, 6) is 0.619. The molecular weight excluding hydrogens is 421 g/mol. The largest absolute Gasteiger partial charge is 0.436 e. The highest BCUT2D eigenvalue weighted by molar-refractivity contribution is 6.47. The lowest BCUT2D eigenvalue weighted by Crippen LogP contribution is -2.49. The van der Waals surface area contributed by atoms with E-state index in [0.717, 1.165) is 44.0 Å². The molecule has 0 saturated carbocycles. The second-order valence-electron chi connectivity index (χ2n) is 9.79. The fourth-order valence-electron chi connectivity index (χ4n) is 3.87. The summed E-state index contributed by atoms with van der Waals surface area (Å²) < 4.78 is 12.1. The summed E-state index contributed by atoms with van der Waals surface area (Å²) in [6, 6.07) is 28.8. The number of nitrogens with zero attached hydrogens (tertiary/aromatic N) is 1. The minimum atomic E-state index is -0.933. The first kappa shape index (κ1) is 22.4. The van der Waals surface area contributed by atoms with Gasteiger partial charge in [0.15, 0.2) is 5.58 Å². The first-order valence-electron chi connectivity index (χ1n) is 11.6. The van der Waals surface area contributed by atoms with Crippen LogP contribution in [-0.2, 0) is 4.65 Å². The van der Waals surface area contributed by atoms with E-state index in [1.54, 1.807) is 13.8 Å². The number of hydrogen-bond donors (Lipinski definition) is 1. The summed E-state index contributed by atoms with van der Waals surface area (Å²) in [5, 5.41) is 12.6. The van der Waals surface area contributed by atoms with Crippen LogP contribution in [0.4, 0.5) is 0 Å². The fourth-order valence-corrected chi connectivity index (χ4v) is 3.87. The zero-order chi connectivity index (χ0) is 23.9. The van der Waals surface area contributed by atoms with Gasteiger partial charge in [-0.15, -0.1) is 0 Å². The van der Waals surface area contributed by atoms with Gasteiger partial charge in [0, 0.05) is 10.9 Å². The molecule has 0 fully saturated rings. The van der Waals surface area contributed by atoms with Crippen LogP contribution in [0.1, 0.15) is 27.7 Å². The van der Waals surface area contributed by atoms with Crippen molar-refractivity contribution in [2.24, 2.45) is 0 Å². The Morgan fingerprint density at radius 2 is 1.53 bits per heavy atom. The van der Waals surface area contributed by atoms with Gasteiger partial charge < -0.3 is 14.2 Å². The molecule has 5 rings (SSSR count). The fraction of sp³-hybridized carbons (Fsp3) is 0.207. The number of rotatable bonds is 6. The molecule has 1 aromatic heterocycles. The van der Waals surface area contributed by atoms with E-state index in [-0.39, 0.29) is 0 Å². The molecule has 5 heteroatoms. The Morgan fingerprint density at radius 1 is 0.794 bits per heavy atom. The Kier molecular flexibility index (Phi) is 5.55. The number of fused-ring (bicyclic) bond motifs is 3. The summed E-state index contributed by atoms with van der Waals surface area (Å²) >= 11 is 0. The summed E-state index contributed by atoms with van der Waals surface area (Å²) in [6.45, 7) is 7.35. The van der Waals surface area contributed by atoms with Crippen LogP contribution in [0.5, 0.6) is 0 Å². The van der Waals surface area contributed by atoms with Gasteiger partial charge in [0.1, 0.15) is 5.52 Å². The van der Waals surface area contributed by atoms with Gasteiger partial charge in [-0.25, -0.2) is 4.98 Å². The third kappa shape index (κ3) is 4.25. The van der Waals surface area contributed by atoms with E-state index in [0.29, 0.717) is 13.4 Å². The van der Waals surface area contributed by atoms with Crippen LogP contribution in [0.25, 0.3) is 44.5 Å². The monoisotopic (exact) mass is 449 g/mol. The minimum Gasteiger partial charge on any atom is -0.436 e. The van der Waals surface area contributed by atoms with Crippen molar-refractivity contribution in [3.05, 3.63) is 84.9 Å². The van der Waals surface area contributed by atoms with Crippen molar-refractivity contribution in [1.82, 2.24) is 4.98 Å². The molecule has 0 unspecified atom stereocenters. The maximum absolute atomic E-state index is 10.3. The van der Waals surface area contributed by atoms with Gasteiger partial charge in [-0.3, -0.25) is 0 Å². The smallest absolute Gasteiger partial charge is 0.309 e. The third-order valence-electron chi connectivity index (χ3n) is 6.75. The Labute approximate surface area is 200 Å². The predicted molar refractivity (Wildman–Crippen MR) is 141 cm³/mol. The van der Waals surface area contributed by atoms with Crippen molar-refractivity contribution in [2.75, 3.05) is 0 Å². The van der Waals surface area contributed by atoms with Gasteiger partial charge >= 0.3 is 7.48 Å². The average Bonchev–Trinajstić information content (AvgIpc) is 3.27. The number of aromatic nitrogens is 1. The maximum Gasteiger partial charge on any atom is 0.309 e. The average molecular weight is 449 g/mol. The second kappa shape index (κ2) is 8.42. The molecule has 0 aliphatic rings. The van der Waals surface area contributed by atoms with Gasteiger partial charge in [0.05, 0.1) is 11.2 Å². The third-order valence-corrected chi connectivity index (χ3v) is 6.75. The number of aliphatic hydroxyl groups is 1. The molecule has 34 heavy (non-hydrogen) atoms. The molecule has 0 aliphatic carbocycles. The Bertz CT molecular complexity index is 1460. The van der Waals surface area contributed by atoms with Crippen LogP contribution in [0.3, 0.4) is 0 Å². The summed E-state index contributed by atoms with van der Waals surface area (Å²) in [7, 11) is 0.430. The SMILES string of the molecule is CC(C)(O)C(C)(C)OBc1cccc(-c2ccc(-c3nc4c(ccc5ccccc54)o3)cc2)c1. The standard InChI is InChI=1S/C29H28BNO3/c1-28(2,32)29(3,4)34-30-23-10-7-9-22(18-23)19-12-14-21(15-13-19)27-31-26-24-11-6-5-8-20(24)16-17-25(26)33-27/h5-18,30,32H,1-4H3. The quantitative estimate of drug-likeness (QED) is 0.330.